The van der Waals surface area contributed by atoms with Gasteiger partial charge in [-0.05, 0) is 31.9 Å². The van der Waals surface area contributed by atoms with Crippen LogP contribution >= 0.6 is 24.0 Å². The van der Waals surface area contributed by atoms with Gasteiger partial charge in [0.25, 0.3) is 0 Å². The van der Waals surface area contributed by atoms with Gasteiger partial charge < -0.3 is 25.0 Å². The summed E-state index contributed by atoms with van der Waals surface area (Å²) in [6.45, 7) is 8.13. The Kier molecular flexibility index (Phi) is 9.31. The number of ether oxygens (including phenoxy) is 2. The Labute approximate surface area is 178 Å². The average Bonchev–Trinajstić information content (AvgIpc) is 2.53. The van der Waals surface area contributed by atoms with Gasteiger partial charge in [-0.2, -0.15) is 0 Å². The average molecular weight is 490 g/mol. The highest BCUT2D eigenvalue weighted by molar-refractivity contribution is 14.0. The van der Waals surface area contributed by atoms with Gasteiger partial charge in [-0.25, -0.2) is 4.79 Å². The van der Waals surface area contributed by atoms with Crippen molar-refractivity contribution < 1.29 is 14.3 Å². The number of hydrogen-bond acceptors (Lipinski definition) is 4. The highest BCUT2D eigenvalue weighted by Gasteiger charge is 2.34. The first kappa shape index (κ1) is 23.5. The van der Waals surface area contributed by atoms with E-state index in [1.807, 2.05) is 20.8 Å². The minimum atomic E-state index is -0.466. The van der Waals surface area contributed by atoms with Crippen molar-refractivity contribution in [1.29, 1.82) is 0 Å². The molecule has 1 amide bonds. The first-order valence-electron chi connectivity index (χ1n) is 8.82. The van der Waals surface area contributed by atoms with Gasteiger partial charge in [0.2, 0.25) is 0 Å². The highest BCUT2D eigenvalue weighted by Crippen LogP contribution is 2.15. The summed E-state index contributed by atoms with van der Waals surface area (Å²) < 4.78 is 10.5. The molecule has 1 aliphatic heterocycles. The normalized spacial score (nSPS) is 14.9. The molecular formula is C19H31IN4O3. The van der Waals surface area contributed by atoms with E-state index in [1.54, 1.807) is 19.1 Å². The number of amides is 1. The molecule has 1 aromatic carbocycles. The second kappa shape index (κ2) is 10.7. The third-order valence-corrected chi connectivity index (χ3v) is 3.89. The van der Waals surface area contributed by atoms with E-state index in [-0.39, 0.29) is 36.1 Å². The van der Waals surface area contributed by atoms with Crippen molar-refractivity contribution in [2.45, 2.75) is 45.6 Å². The molecule has 0 aromatic heterocycles. The number of halogens is 1. The number of carbonyl (C=O) groups excluding carboxylic acids is 1. The van der Waals surface area contributed by atoms with Crippen molar-refractivity contribution in [3.63, 3.8) is 0 Å². The lowest BCUT2D eigenvalue weighted by molar-refractivity contribution is 0.00701. The zero-order valence-electron chi connectivity index (χ0n) is 16.7. The minimum Gasteiger partial charge on any atom is -0.444 e. The van der Waals surface area contributed by atoms with E-state index in [2.05, 4.69) is 39.9 Å². The zero-order valence-corrected chi connectivity index (χ0v) is 19.1. The fraction of sp³-hybridized carbons (Fsp3) is 0.579. The number of rotatable bonds is 5. The number of aliphatic imine (C=N–C) groups is 1. The van der Waals surface area contributed by atoms with Crippen LogP contribution < -0.4 is 10.6 Å². The minimum absolute atomic E-state index is 0. The summed E-state index contributed by atoms with van der Waals surface area (Å²) in [5.74, 6) is 0.722. The number of likely N-dealkylation sites (tertiary alicyclic amines) is 1. The van der Waals surface area contributed by atoms with E-state index in [9.17, 15) is 4.79 Å². The predicted octanol–water partition coefficient (Wildman–Crippen LogP) is 2.74. The van der Waals surface area contributed by atoms with Crippen LogP contribution in [0.1, 0.15) is 31.9 Å². The van der Waals surface area contributed by atoms with Crippen LogP contribution in [-0.2, 0) is 22.6 Å². The standard InChI is InChI=1S/C19H30N4O3.HI/c1-19(2,3)26-18(24)23-11-16(12-23)22-17(20-4)21-10-14-6-8-15(9-7-14)13-25-5;/h6-9,16H,10-13H2,1-5H3,(H2,20,21,22);1H. The van der Waals surface area contributed by atoms with Gasteiger partial charge in [0.15, 0.2) is 5.96 Å². The molecule has 0 unspecified atom stereocenters. The van der Waals surface area contributed by atoms with Crippen molar-refractivity contribution in [2.75, 3.05) is 27.2 Å². The molecule has 0 bridgehead atoms. The van der Waals surface area contributed by atoms with Gasteiger partial charge >= 0.3 is 6.09 Å². The maximum Gasteiger partial charge on any atom is 0.410 e. The number of nitrogens with zero attached hydrogens (tertiary/aromatic N) is 2. The first-order valence-corrected chi connectivity index (χ1v) is 8.82. The maximum absolute atomic E-state index is 11.9. The second-order valence-electron chi connectivity index (χ2n) is 7.40. The van der Waals surface area contributed by atoms with Gasteiger partial charge in [-0.15, -0.1) is 24.0 Å². The largest absolute Gasteiger partial charge is 0.444 e. The Morgan fingerprint density at radius 1 is 1.22 bits per heavy atom. The summed E-state index contributed by atoms with van der Waals surface area (Å²) >= 11 is 0. The van der Waals surface area contributed by atoms with Crippen LogP contribution in [0.15, 0.2) is 29.3 Å². The van der Waals surface area contributed by atoms with Crippen molar-refractivity contribution in [1.82, 2.24) is 15.5 Å². The molecule has 7 nitrogen and oxygen atoms in total. The van der Waals surface area contributed by atoms with Crippen LogP contribution in [0.25, 0.3) is 0 Å². The lowest BCUT2D eigenvalue weighted by atomic mass is 10.1. The van der Waals surface area contributed by atoms with E-state index in [0.717, 1.165) is 17.1 Å². The molecule has 152 valence electrons. The SMILES string of the molecule is CN=C(NCc1ccc(COC)cc1)NC1CN(C(=O)OC(C)(C)C)C1.I. The van der Waals surface area contributed by atoms with E-state index >= 15 is 0 Å². The van der Waals surface area contributed by atoms with Crippen molar-refractivity contribution in [3.05, 3.63) is 35.4 Å². The van der Waals surface area contributed by atoms with Gasteiger partial charge in [0.05, 0.1) is 12.6 Å². The van der Waals surface area contributed by atoms with E-state index in [0.29, 0.717) is 26.2 Å². The summed E-state index contributed by atoms with van der Waals surface area (Å²) in [4.78, 5) is 17.9. The molecule has 1 saturated heterocycles. The molecule has 1 aliphatic rings. The quantitative estimate of drug-likeness (QED) is 0.377. The topological polar surface area (TPSA) is 75.2 Å². The van der Waals surface area contributed by atoms with Crippen LogP contribution in [0.4, 0.5) is 4.79 Å². The van der Waals surface area contributed by atoms with Crippen LogP contribution in [0.2, 0.25) is 0 Å². The number of hydrogen-bond donors (Lipinski definition) is 2. The Hall–Kier alpha value is -1.55. The molecule has 0 saturated carbocycles. The Morgan fingerprint density at radius 3 is 2.33 bits per heavy atom. The Morgan fingerprint density at radius 2 is 1.81 bits per heavy atom. The van der Waals surface area contributed by atoms with Crippen molar-refractivity contribution >= 4 is 36.0 Å². The van der Waals surface area contributed by atoms with Crippen LogP contribution in [0.5, 0.6) is 0 Å². The first-order chi connectivity index (χ1) is 12.3. The molecular weight excluding hydrogens is 459 g/mol. The molecule has 1 fully saturated rings. The highest BCUT2D eigenvalue weighted by atomic mass is 127. The fourth-order valence-electron chi connectivity index (χ4n) is 2.54. The van der Waals surface area contributed by atoms with E-state index in [1.165, 1.54) is 0 Å². The summed E-state index contributed by atoms with van der Waals surface area (Å²) in [5, 5.41) is 6.61. The molecule has 0 spiro atoms. The number of nitrogens with one attached hydrogen (secondary N) is 2. The summed E-state index contributed by atoms with van der Waals surface area (Å²) in [6, 6.07) is 8.44. The van der Waals surface area contributed by atoms with Crippen LogP contribution in [0, 0.1) is 0 Å². The summed E-state index contributed by atoms with van der Waals surface area (Å²) in [5.41, 5.74) is 1.85. The molecule has 8 heteroatoms. The van der Waals surface area contributed by atoms with Crippen molar-refractivity contribution in [3.8, 4) is 0 Å². The lowest BCUT2D eigenvalue weighted by Gasteiger charge is -2.40. The summed E-state index contributed by atoms with van der Waals surface area (Å²) in [7, 11) is 3.43. The molecule has 0 atom stereocenters. The Bertz CT molecular complexity index is 623. The lowest BCUT2D eigenvalue weighted by Crippen LogP contribution is -2.63. The molecule has 2 N–H and O–H groups in total. The molecule has 1 heterocycles. The second-order valence-corrected chi connectivity index (χ2v) is 7.40. The molecule has 0 radical (unpaired) electrons. The van der Waals surface area contributed by atoms with Crippen LogP contribution in [0.3, 0.4) is 0 Å². The summed E-state index contributed by atoms with van der Waals surface area (Å²) in [6.07, 6.45) is -0.269. The number of guanidine groups is 1. The Balaban J connectivity index is 0.00000364. The van der Waals surface area contributed by atoms with Gasteiger partial charge in [0, 0.05) is 33.8 Å². The predicted molar refractivity (Wildman–Crippen MR) is 117 cm³/mol. The fourth-order valence-corrected chi connectivity index (χ4v) is 2.54. The van der Waals surface area contributed by atoms with Gasteiger partial charge in [-0.1, -0.05) is 24.3 Å². The zero-order chi connectivity index (χ0) is 19.2. The molecule has 27 heavy (non-hydrogen) atoms. The molecule has 1 aromatic rings. The van der Waals surface area contributed by atoms with Crippen LogP contribution in [-0.4, -0.2) is 55.8 Å². The number of carbonyl (C=O) groups is 1. The van der Waals surface area contributed by atoms with Crippen molar-refractivity contribution in [2.24, 2.45) is 4.99 Å². The molecule has 0 aliphatic carbocycles. The van der Waals surface area contributed by atoms with E-state index < -0.39 is 5.60 Å². The number of methoxy groups -OCH3 is 1. The maximum atomic E-state index is 11.9. The third kappa shape index (κ3) is 7.92. The van der Waals surface area contributed by atoms with Gasteiger partial charge in [0.1, 0.15) is 5.60 Å². The van der Waals surface area contributed by atoms with Gasteiger partial charge in [-0.3, -0.25) is 4.99 Å². The molecule has 2 rings (SSSR count). The van der Waals surface area contributed by atoms with E-state index in [4.69, 9.17) is 9.47 Å². The monoisotopic (exact) mass is 490 g/mol. The number of benzene rings is 1. The smallest absolute Gasteiger partial charge is 0.410 e. The third-order valence-electron chi connectivity index (χ3n) is 3.89.